The molecule has 7 heteroatoms. The van der Waals surface area contributed by atoms with E-state index >= 15 is 0 Å². The zero-order valence-corrected chi connectivity index (χ0v) is 10.3. The third kappa shape index (κ3) is 1.66. The second-order valence-electron chi connectivity index (χ2n) is 4.69. The number of hydrogen-bond donors (Lipinski definition) is 0. The number of aromatic nitrogens is 6. The zero-order valence-electron chi connectivity index (χ0n) is 10.3. The minimum atomic E-state index is 0.403. The summed E-state index contributed by atoms with van der Waals surface area (Å²) in [5.41, 5.74) is 0.809. The van der Waals surface area contributed by atoms with Crippen LogP contribution in [0.25, 0.3) is 5.65 Å². The molecule has 1 saturated heterocycles. The van der Waals surface area contributed by atoms with E-state index in [1.54, 1.807) is 12.5 Å². The highest BCUT2D eigenvalue weighted by Crippen LogP contribution is 2.26. The van der Waals surface area contributed by atoms with Gasteiger partial charge in [-0.1, -0.05) is 0 Å². The van der Waals surface area contributed by atoms with E-state index in [2.05, 4.69) is 25.2 Å². The Kier molecular flexibility index (Phi) is 2.23. The lowest BCUT2D eigenvalue weighted by molar-refractivity contribution is 0.494. The Labute approximate surface area is 109 Å². The fourth-order valence-electron chi connectivity index (χ4n) is 2.62. The average Bonchev–Trinajstić information content (AvgIpc) is 3.18. The summed E-state index contributed by atoms with van der Waals surface area (Å²) in [4.78, 5) is 6.70. The molecule has 3 aromatic rings. The third-order valence-electron chi connectivity index (χ3n) is 3.56. The van der Waals surface area contributed by atoms with Gasteiger partial charge in [0.25, 0.3) is 0 Å². The molecule has 4 rings (SSSR count). The molecule has 7 nitrogen and oxygen atoms in total. The van der Waals surface area contributed by atoms with Gasteiger partial charge in [-0.25, -0.2) is 4.98 Å². The van der Waals surface area contributed by atoms with Crippen LogP contribution in [0.4, 0.5) is 5.82 Å². The molecule has 0 spiro atoms. The van der Waals surface area contributed by atoms with Crippen LogP contribution in [0, 0.1) is 0 Å². The normalized spacial score (nSPS) is 19.4. The Bertz CT molecular complexity index is 687. The first kappa shape index (κ1) is 10.5. The molecule has 1 fully saturated rings. The van der Waals surface area contributed by atoms with Crippen LogP contribution in [0.3, 0.4) is 0 Å². The molecular weight excluding hydrogens is 242 g/mol. The molecule has 0 N–H and O–H groups in total. The van der Waals surface area contributed by atoms with Crippen LogP contribution < -0.4 is 4.90 Å². The number of anilines is 1. The summed E-state index contributed by atoms with van der Waals surface area (Å²) >= 11 is 0. The second-order valence-corrected chi connectivity index (χ2v) is 4.69. The molecule has 19 heavy (non-hydrogen) atoms. The first-order valence-electron chi connectivity index (χ1n) is 6.30. The highest BCUT2D eigenvalue weighted by atomic mass is 15.3. The second kappa shape index (κ2) is 4.04. The van der Waals surface area contributed by atoms with Crippen molar-refractivity contribution in [3.8, 4) is 0 Å². The van der Waals surface area contributed by atoms with Gasteiger partial charge in [0.2, 0.25) is 5.65 Å². The molecule has 96 valence electrons. The van der Waals surface area contributed by atoms with E-state index in [0.29, 0.717) is 6.04 Å². The molecule has 0 radical (unpaired) electrons. The molecule has 1 aliphatic rings. The first-order chi connectivity index (χ1) is 9.42. The SMILES string of the molecule is c1cnn(C2CCN(c3nccn4cnnc34)C2)c1. The summed E-state index contributed by atoms with van der Waals surface area (Å²) in [7, 11) is 0. The number of rotatable bonds is 2. The molecule has 1 atom stereocenters. The van der Waals surface area contributed by atoms with Gasteiger partial charge in [-0.3, -0.25) is 9.08 Å². The van der Waals surface area contributed by atoms with E-state index in [-0.39, 0.29) is 0 Å². The van der Waals surface area contributed by atoms with Crippen molar-refractivity contribution in [1.29, 1.82) is 0 Å². The minimum Gasteiger partial charge on any atom is -0.351 e. The predicted molar refractivity (Wildman–Crippen MR) is 68.9 cm³/mol. The Hall–Kier alpha value is -2.44. The van der Waals surface area contributed by atoms with E-state index in [4.69, 9.17) is 0 Å². The van der Waals surface area contributed by atoms with Crippen LogP contribution in [0.15, 0.2) is 37.2 Å². The summed E-state index contributed by atoms with van der Waals surface area (Å²) in [6.45, 7) is 1.87. The summed E-state index contributed by atoms with van der Waals surface area (Å²) in [5, 5.41) is 12.4. The van der Waals surface area contributed by atoms with Crippen molar-refractivity contribution in [2.75, 3.05) is 18.0 Å². The standard InChI is InChI=1S/C12H13N7/c1-3-15-19(5-1)10-2-6-17(8-10)11-12-16-14-9-18(12)7-4-13-11/h1,3-5,7,9-10H,2,6,8H2. The van der Waals surface area contributed by atoms with Gasteiger partial charge in [0, 0.05) is 37.9 Å². The van der Waals surface area contributed by atoms with Gasteiger partial charge in [-0.15, -0.1) is 10.2 Å². The van der Waals surface area contributed by atoms with Crippen LogP contribution in [-0.2, 0) is 0 Å². The summed E-state index contributed by atoms with van der Waals surface area (Å²) in [6, 6.07) is 2.36. The molecule has 3 aromatic heterocycles. The fourth-order valence-corrected chi connectivity index (χ4v) is 2.62. The molecule has 1 aliphatic heterocycles. The van der Waals surface area contributed by atoms with Crippen molar-refractivity contribution in [3.05, 3.63) is 37.2 Å². The maximum absolute atomic E-state index is 4.45. The Balaban J connectivity index is 1.66. The van der Waals surface area contributed by atoms with E-state index in [1.807, 2.05) is 33.7 Å². The van der Waals surface area contributed by atoms with Gasteiger partial charge in [-0.2, -0.15) is 5.10 Å². The van der Waals surface area contributed by atoms with Gasteiger partial charge < -0.3 is 4.90 Å². The Morgan fingerprint density at radius 1 is 1.21 bits per heavy atom. The minimum absolute atomic E-state index is 0.403. The van der Waals surface area contributed by atoms with Gasteiger partial charge in [0.15, 0.2) is 5.82 Å². The van der Waals surface area contributed by atoms with Crippen molar-refractivity contribution in [3.63, 3.8) is 0 Å². The molecule has 0 saturated carbocycles. The van der Waals surface area contributed by atoms with Crippen LogP contribution in [-0.4, -0.2) is 42.5 Å². The number of fused-ring (bicyclic) bond motifs is 1. The van der Waals surface area contributed by atoms with Crippen molar-refractivity contribution >= 4 is 11.5 Å². The monoisotopic (exact) mass is 255 g/mol. The van der Waals surface area contributed by atoms with Gasteiger partial charge in [-0.05, 0) is 12.5 Å². The summed E-state index contributed by atoms with van der Waals surface area (Å²) in [6.07, 6.45) is 10.2. The lowest BCUT2D eigenvalue weighted by atomic mass is 10.3. The quantitative estimate of drug-likeness (QED) is 0.677. The van der Waals surface area contributed by atoms with Crippen molar-refractivity contribution in [2.24, 2.45) is 0 Å². The lowest BCUT2D eigenvalue weighted by Gasteiger charge is -2.17. The van der Waals surface area contributed by atoms with Crippen LogP contribution >= 0.6 is 0 Å². The maximum Gasteiger partial charge on any atom is 0.203 e. The van der Waals surface area contributed by atoms with Crippen molar-refractivity contribution in [1.82, 2.24) is 29.4 Å². The molecule has 0 aromatic carbocycles. The van der Waals surface area contributed by atoms with E-state index < -0.39 is 0 Å². The van der Waals surface area contributed by atoms with Crippen molar-refractivity contribution in [2.45, 2.75) is 12.5 Å². The molecule has 1 unspecified atom stereocenters. The van der Waals surface area contributed by atoms with Crippen LogP contribution in [0.1, 0.15) is 12.5 Å². The third-order valence-corrected chi connectivity index (χ3v) is 3.56. The van der Waals surface area contributed by atoms with Crippen molar-refractivity contribution < 1.29 is 0 Å². The van der Waals surface area contributed by atoms with E-state index in [1.165, 1.54) is 0 Å². The first-order valence-corrected chi connectivity index (χ1v) is 6.30. The molecule has 0 amide bonds. The highest BCUT2D eigenvalue weighted by molar-refractivity contribution is 5.63. The topological polar surface area (TPSA) is 64.1 Å². The molecule has 0 bridgehead atoms. The van der Waals surface area contributed by atoms with Gasteiger partial charge >= 0.3 is 0 Å². The predicted octanol–water partition coefficient (Wildman–Crippen LogP) is 0.772. The average molecular weight is 255 g/mol. The number of hydrogen-bond acceptors (Lipinski definition) is 5. The smallest absolute Gasteiger partial charge is 0.203 e. The fraction of sp³-hybridized carbons (Fsp3) is 0.333. The summed E-state index contributed by atoms with van der Waals surface area (Å²) in [5.74, 6) is 0.898. The number of nitrogens with zero attached hydrogens (tertiary/aromatic N) is 7. The highest BCUT2D eigenvalue weighted by Gasteiger charge is 2.26. The lowest BCUT2D eigenvalue weighted by Crippen LogP contribution is -2.22. The van der Waals surface area contributed by atoms with Gasteiger partial charge in [0.1, 0.15) is 6.33 Å². The largest absolute Gasteiger partial charge is 0.351 e. The Morgan fingerprint density at radius 2 is 2.21 bits per heavy atom. The molecule has 4 heterocycles. The molecular formula is C12H13N7. The van der Waals surface area contributed by atoms with E-state index in [0.717, 1.165) is 31.0 Å². The Morgan fingerprint density at radius 3 is 3.11 bits per heavy atom. The van der Waals surface area contributed by atoms with Crippen LogP contribution in [0.5, 0.6) is 0 Å². The van der Waals surface area contributed by atoms with Crippen LogP contribution in [0.2, 0.25) is 0 Å². The van der Waals surface area contributed by atoms with E-state index in [9.17, 15) is 0 Å². The maximum atomic E-state index is 4.45. The summed E-state index contributed by atoms with van der Waals surface area (Å²) < 4.78 is 3.91. The van der Waals surface area contributed by atoms with Gasteiger partial charge in [0.05, 0.1) is 6.04 Å². The zero-order chi connectivity index (χ0) is 12.7. The molecule has 0 aliphatic carbocycles.